The van der Waals surface area contributed by atoms with Crippen molar-refractivity contribution in [3.63, 3.8) is 0 Å². The second-order valence-electron chi connectivity index (χ2n) is 13.1. The number of ether oxygens (including phenoxy) is 14. The minimum atomic E-state index is -0.478. The van der Waals surface area contributed by atoms with Gasteiger partial charge in [0.1, 0.15) is 12.2 Å². The summed E-state index contributed by atoms with van der Waals surface area (Å²) in [4.78, 5) is 23.2. The van der Waals surface area contributed by atoms with Crippen LogP contribution < -0.4 is 0 Å². The van der Waals surface area contributed by atoms with E-state index < -0.39 is 5.60 Å². The number of hydrogen-bond donors (Lipinski definition) is 0. The SMILES string of the molecule is CCCCCCCC(=O)OCCOCCOCCOCCOCCOCCOCCOCCOCCOCCOCCOCCOCCC(=O)OC(C)(C)C. The Balaban J connectivity index is 3.12. The lowest BCUT2D eigenvalue weighted by atomic mass is 10.1. The molecule has 0 aliphatic carbocycles. The Bertz CT molecular complexity index is 798. The van der Waals surface area contributed by atoms with Crippen LogP contribution in [-0.2, 0) is 75.9 Å². The molecule has 328 valence electrons. The Morgan fingerprint density at radius 3 is 0.891 bits per heavy atom. The molecule has 0 aliphatic heterocycles. The summed E-state index contributed by atoms with van der Waals surface area (Å²) < 4.78 is 75.9. The molecular weight excluding hydrogens is 724 g/mol. The molecule has 0 saturated carbocycles. The van der Waals surface area contributed by atoms with Gasteiger partial charge in [-0.1, -0.05) is 32.6 Å². The third-order valence-electron chi connectivity index (χ3n) is 6.94. The standard InChI is InChI=1S/C39H76O16/c1-5-6-7-8-9-10-37(40)54-36-35-53-34-33-52-32-31-51-30-29-50-28-27-49-26-25-48-24-23-47-22-21-46-20-19-45-18-17-44-16-15-43-14-13-42-12-11-38(41)55-39(2,3)4/h5-36H2,1-4H3. The Morgan fingerprint density at radius 1 is 0.327 bits per heavy atom. The Kier molecular flexibility index (Phi) is 42.4. The Morgan fingerprint density at radius 2 is 0.600 bits per heavy atom. The predicted octanol–water partition coefficient (Wildman–Crippen LogP) is 3.82. The topological polar surface area (TPSA) is 163 Å². The molecular formula is C39H76O16. The summed E-state index contributed by atoms with van der Waals surface area (Å²) in [6, 6.07) is 0. The number of unbranched alkanes of at least 4 members (excludes halogenated alkanes) is 4. The number of esters is 2. The van der Waals surface area contributed by atoms with Gasteiger partial charge >= 0.3 is 11.9 Å². The fourth-order valence-corrected chi connectivity index (χ4v) is 4.23. The van der Waals surface area contributed by atoms with E-state index in [1.165, 1.54) is 19.3 Å². The van der Waals surface area contributed by atoms with E-state index in [4.69, 9.17) is 66.3 Å². The summed E-state index contributed by atoms with van der Waals surface area (Å²) >= 11 is 0. The minimum absolute atomic E-state index is 0.152. The summed E-state index contributed by atoms with van der Waals surface area (Å²) in [5.41, 5.74) is -0.478. The van der Waals surface area contributed by atoms with Crippen LogP contribution in [0.25, 0.3) is 0 Å². The molecule has 16 heteroatoms. The number of rotatable bonds is 45. The van der Waals surface area contributed by atoms with Crippen molar-refractivity contribution < 1.29 is 75.9 Å². The summed E-state index contributed by atoms with van der Waals surface area (Å²) in [7, 11) is 0. The summed E-state index contributed by atoms with van der Waals surface area (Å²) in [6.07, 6.45) is 6.28. The maximum Gasteiger partial charge on any atom is 0.308 e. The van der Waals surface area contributed by atoms with E-state index in [9.17, 15) is 9.59 Å². The summed E-state index contributed by atoms with van der Waals surface area (Å²) in [6.45, 7) is 19.1. The molecule has 0 aromatic carbocycles. The van der Waals surface area contributed by atoms with Crippen molar-refractivity contribution >= 4 is 11.9 Å². The average Bonchev–Trinajstić information content (AvgIpc) is 3.15. The molecule has 0 atom stereocenters. The van der Waals surface area contributed by atoms with Gasteiger partial charge in [0, 0.05) is 6.42 Å². The van der Waals surface area contributed by atoms with Gasteiger partial charge in [0.15, 0.2) is 0 Å². The highest BCUT2D eigenvalue weighted by atomic mass is 16.6. The zero-order valence-electron chi connectivity index (χ0n) is 34.7. The van der Waals surface area contributed by atoms with Gasteiger partial charge in [-0.25, -0.2) is 0 Å². The summed E-state index contributed by atoms with van der Waals surface area (Å²) in [5.74, 6) is -0.419. The molecule has 0 fully saturated rings. The fraction of sp³-hybridized carbons (Fsp3) is 0.949. The molecule has 0 radical (unpaired) electrons. The van der Waals surface area contributed by atoms with Crippen LogP contribution in [0.5, 0.6) is 0 Å². The largest absolute Gasteiger partial charge is 0.463 e. The van der Waals surface area contributed by atoms with Crippen molar-refractivity contribution in [2.24, 2.45) is 0 Å². The van der Waals surface area contributed by atoms with Gasteiger partial charge in [0.25, 0.3) is 0 Å². The first kappa shape index (κ1) is 53.5. The smallest absolute Gasteiger partial charge is 0.308 e. The van der Waals surface area contributed by atoms with E-state index in [0.29, 0.717) is 165 Å². The molecule has 0 bridgehead atoms. The van der Waals surface area contributed by atoms with Gasteiger partial charge in [-0.2, -0.15) is 0 Å². The van der Waals surface area contributed by atoms with Gasteiger partial charge in [0.05, 0.1) is 165 Å². The molecule has 0 rings (SSSR count). The molecule has 0 saturated heterocycles. The summed E-state index contributed by atoms with van der Waals surface area (Å²) in [5, 5.41) is 0. The number of carbonyl (C=O) groups is 2. The normalized spacial score (nSPS) is 11.7. The van der Waals surface area contributed by atoms with Crippen LogP contribution in [0.2, 0.25) is 0 Å². The Hall–Kier alpha value is -1.54. The van der Waals surface area contributed by atoms with Crippen molar-refractivity contribution in [2.75, 3.05) is 165 Å². The second kappa shape index (κ2) is 43.6. The molecule has 16 nitrogen and oxygen atoms in total. The predicted molar refractivity (Wildman–Crippen MR) is 205 cm³/mol. The average molecular weight is 801 g/mol. The number of carbonyl (C=O) groups excluding carboxylic acids is 2. The number of hydrogen-bond acceptors (Lipinski definition) is 16. The molecule has 0 aromatic rings. The monoisotopic (exact) mass is 801 g/mol. The molecule has 0 N–H and O–H groups in total. The van der Waals surface area contributed by atoms with Crippen LogP contribution >= 0.6 is 0 Å². The highest BCUT2D eigenvalue weighted by molar-refractivity contribution is 5.70. The van der Waals surface area contributed by atoms with E-state index in [2.05, 4.69) is 6.92 Å². The highest BCUT2D eigenvalue weighted by Crippen LogP contribution is 2.08. The van der Waals surface area contributed by atoms with E-state index in [0.717, 1.165) is 12.8 Å². The first-order valence-corrected chi connectivity index (χ1v) is 20.2. The van der Waals surface area contributed by atoms with Gasteiger partial charge < -0.3 is 66.3 Å². The van der Waals surface area contributed by atoms with E-state index in [-0.39, 0.29) is 25.0 Å². The lowest BCUT2D eigenvalue weighted by Gasteiger charge is -2.19. The quantitative estimate of drug-likeness (QED) is 0.0645. The van der Waals surface area contributed by atoms with Crippen LogP contribution in [0.15, 0.2) is 0 Å². The maximum absolute atomic E-state index is 11.6. The van der Waals surface area contributed by atoms with Crippen LogP contribution in [0.4, 0.5) is 0 Å². The van der Waals surface area contributed by atoms with Gasteiger partial charge in [-0.15, -0.1) is 0 Å². The highest BCUT2D eigenvalue weighted by Gasteiger charge is 2.15. The van der Waals surface area contributed by atoms with E-state index in [1.54, 1.807) is 0 Å². The second-order valence-corrected chi connectivity index (χ2v) is 13.1. The lowest BCUT2D eigenvalue weighted by Crippen LogP contribution is -2.24. The van der Waals surface area contributed by atoms with Crippen molar-refractivity contribution in [1.82, 2.24) is 0 Å². The molecule has 0 aliphatic rings. The van der Waals surface area contributed by atoms with E-state index >= 15 is 0 Å². The first-order valence-electron chi connectivity index (χ1n) is 20.2. The Labute approximate surface area is 331 Å². The maximum atomic E-state index is 11.6. The third-order valence-corrected chi connectivity index (χ3v) is 6.94. The zero-order valence-corrected chi connectivity index (χ0v) is 34.7. The first-order chi connectivity index (χ1) is 26.8. The van der Waals surface area contributed by atoms with Crippen molar-refractivity contribution in [3.8, 4) is 0 Å². The molecule has 0 aromatic heterocycles. The molecule has 0 amide bonds. The minimum Gasteiger partial charge on any atom is -0.463 e. The zero-order chi connectivity index (χ0) is 40.2. The van der Waals surface area contributed by atoms with Gasteiger partial charge in [-0.05, 0) is 27.2 Å². The van der Waals surface area contributed by atoms with Gasteiger partial charge in [-0.3, -0.25) is 9.59 Å². The molecule has 0 spiro atoms. The molecule has 55 heavy (non-hydrogen) atoms. The van der Waals surface area contributed by atoms with Crippen LogP contribution in [0, 0.1) is 0 Å². The van der Waals surface area contributed by atoms with Crippen LogP contribution in [0.3, 0.4) is 0 Å². The molecule has 0 heterocycles. The lowest BCUT2D eigenvalue weighted by molar-refractivity contribution is -0.156. The molecule has 0 unspecified atom stereocenters. The van der Waals surface area contributed by atoms with Crippen LogP contribution in [-0.4, -0.2) is 183 Å². The third kappa shape index (κ3) is 48.5. The van der Waals surface area contributed by atoms with Crippen molar-refractivity contribution in [2.45, 2.75) is 78.2 Å². The fourth-order valence-electron chi connectivity index (χ4n) is 4.23. The van der Waals surface area contributed by atoms with E-state index in [1.807, 2.05) is 20.8 Å². The van der Waals surface area contributed by atoms with Gasteiger partial charge in [0.2, 0.25) is 0 Å². The van der Waals surface area contributed by atoms with Crippen molar-refractivity contribution in [3.05, 3.63) is 0 Å². The van der Waals surface area contributed by atoms with Crippen LogP contribution in [0.1, 0.15) is 72.6 Å². The van der Waals surface area contributed by atoms with Crippen molar-refractivity contribution in [1.29, 1.82) is 0 Å².